The molecule has 0 saturated heterocycles. The number of nitrogens with zero attached hydrogens (tertiary/aromatic N) is 1. The molecule has 150 valence electrons. The number of hydrogen-bond acceptors (Lipinski definition) is 4. The van der Waals surface area contributed by atoms with E-state index in [4.69, 9.17) is 4.74 Å². The topological polar surface area (TPSA) is 55.7 Å². The zero-order chi connectivity index (χ0) is 20.9. The first-order chi connectivity index (χ1) is 13.1. The predicted molar refractivity (Wildman–Crippen MR) is 108 cm³/mol. The Labute approximate surface area is 170 Å². The van der Waals surface area contributed by atoms with E-state index in [0.29, 0.717) is 4.90 Å². The Morgan fingerprint density at radius 2 is 1.82 bits per heavy atom. The number of ether oxygens (including phenoxy) is 1. The molecule has 0 radical (unpaired) electrons. The second-order valence-corrected chi connectivity index (χ2v) is 9.67. The first-order valence-electron chi connectivity index (χ1n) is 8.53. The summed E-state index contributed by atoms with van der Waals surface area (Å²) < 4.78 is 49.3. The van der Waals surface area contributed by atoms with E-state index in [2.05, 4.69) is 4.40 Å². The van der Waals surface area contributed by atoms with Gasteiger partial charge in [0.2, 0.25) is 0 Å². The SMILES string of the molecule is CCOC(=O)c1ccccc1Sc1c(F)ccc(F)c1C=NS(=O)C(C)(C)C. The lowest BCUT2D eigenvalue weighted by Gasteiger charge is -2.14. The second kappa shape index (κ2) is 9.43. The van der Waals surface area contributed by atoms with E-state index >= 15 is 0 Å². The molecule has 4 nitrogen and oxygen atoms in total. The molecule has 0 aromatic heterocycles. The van der Waals surface area contributed by atoms with E-state index in [1.807, 2.05) is 0 Å². The van der Waals surface area contributed by atoms with Crippen molar-refractivity contribution in [2.45, 2.75) is 42.2 Å². The zero-order valence-electron chi connectivity index (χ0n) is 16.0. The lowest BCUT2D eigenvalue weighted by Crippen LogP contribution is -2.19. The molecule has 2 rings (SSSR count). The molecule has 2 aromatic carbocycles. The molecule has 0 N–H and O–H groups in total. The maximum atomic E-state index is 14.5. The highest BCUT2D eigenvalue weighted by Crippen LogP contribution is 2.35. The van der Waals surface area contributed by atoms with E-state index in [1.165, 1.54) is 0 Å². The van der Waals surface area contributed by atoms with Gasteiger partial charge in [-0.15, -0.1) is 0 Å². The van der Waals surface area contributed by atoms with Crippen LogP contribution in [0.25, 0.3) is 0 Å². The molecular weight excluding hydrogens is 404 g/mol. The number of halogens is 2. The first kappa shape index (κ1) is 22.2. The molecule has 0 aliphatic carbocycles. The van der Waals surface area contributed by atoms with Crippen LogP contribution in [0.4, 0.5) is 8.78 Å². The van der Waals surface area contributed by atoms with Gasteiger partial charge in [0.15, 0.2) is 0 Å². The van der Waals surface area contributed by atoms with Crippen molar-refractivity contribution < 1.29 is 22.5 Å². The van der Waals surface area contributed by atoms with Crippen LogP contribution < -0.4 is 0 Å². The third-order valence-electron chi connectivity index (χ3n) is 3.49. The quantitative estimate of drug-likeness (QED) is 0.473. The van der Waals surface area contributed by atoms with Crippen molar-refractivity contribution >= 4 is 34.9 Å². The molecule has 1 atom stereocenters. The van der Waals surface area contributed by atoms with Crippen LogP contribution in [-0.4, -0.2) is 27.7 Å². The molecule has 0 amide bonds. The van der Waals surface area contributed by atoms with Crippen molar-refractivity contribution in [2.75, 3.05) is 6.61 Å². The fraction of sp³-hybridized carbons (Fsp3) is 0.300. The minimum atomic E-state index is -1.62. The summed E-state index contributed by atoms with van der Waals surface area (Å²) in [5, 5.41) is 0. The van der Waals surface area contributed by atoms with Crippen LogP contribution in [0.15, 0.2) is 50.6 Å². The predicted octanol–water partition coefficient (Wildman–Crippen LogP) is 5.17. The number of benzene rings is 2. The van der Waals surface area contributed by atoms with Crippen LogP contribution >= 0.6 is 11.8 Å². The van der Waals surface area contributed by atoms with E-state index in [-0.39, 0.29) is 22.6 Å². The first-order valence-corrected chi connectivity index (χ1v) is 10.5. The molecule has 0 fully saturated rings. The third-order valence-corrected chi connectivity index (χ3v) is 6.03. The van der Waals surface area contributed by atoms with Crippen LogP contribution in [-0.2, 0) is 15.7 Å². The molecule has 28 heavy (non-hydrogen) atoms. The van der Waals surface area contributed by atoms with Gasteiger partial charge in [-0.2, -0.15) is 4.40 Å². The Morgan fingerprint density at radius 1 is 1.18 bits per heavy atom. The van der Waals surface area contributed by atoms with Gasteiger partial charge in [0, 0.05) is 16.7 Å². The van der Waals surface area contributed by atoms with Gasteiger partial charge in [-0.1, -0.05) is 23.9 Å². The van der Waals surface area contributed by atoms with Gasteiger partial charge >= 0.3 is 5.97 Å². The minimum Gasteiger partial charge on any atom is -0.462 e. The molecule has 8 heteroatoms. The van der Waals surface area contributed by atoms with E-state index in [1.54, 1.807) is 52.0 Å². The van der Waals surface area contributed by atoms with Gasteiger partial charge < -0.3 is 4.74 Å². The summed E-state index contributed by atoms with van der Waals surface area (Å²) in [4.78, 5) is 12.5. The zero-order valence-corrected chi connectivity index (χ0v) is 17.6. The summed E-state index contributed by atoms with van der Waals surface area (Å²) in [7, 11) is -1.62. The standard InChI is InChI=1S/C20H21F2NO3S2/c1-5-26-19(24)13-8-6-7-9-17(13)27-18-14(15(21)10-11-16(18)22)12-23-28(25)20(2,3)4/h6-12H,5H2,1-4H3. The van der Waals surface area contributed by atoms with Gasteiger partial charge in [0.05, 0.1) is 21.8 Å². The van der Waals surface area contributed by atoms with Crippen LogP contribution in [0, 0.1) is 11.6 Å². The molecular formula is C20H21F2NO3S2. The Morgan fingerprint density at radius 3 is 2.46 bits per heavy atom. The van der Waals surface area contributed by atoms with Crippen LogP contribution in [0.5, 0.6) is 0 Å². The highest BCUT2D eigenvalue weighted by Gasteiger charge is 2.21. The Hall–Kier alpha value is -2.06. The summed E-state index contributed by atoms with van der Waals surface area (Å²) in [6.45, 7) is 7.07. The van der Waals surface area contributed by atoms with Crippen molar-refractivity contribution in [3.63, 3.8) is 0 Å². The summed E-state index contributed by atoms with van der Waals surface area (Å²) in [6, 6.07) is 8.51. The number of hydrogen-bond donors (Lipinski definition) is 0. The van der Waals surface area contributed by atoms with Gasteiger partial charge in [-0.25, -0.2) is 17.8 Å². The summed E-state index contributed by atoms with van der Waals surface area (Å²) in [5.41, 5.74) is 0.125. The Kier molecular flexibility index (Phi) is 7.48. The minimum absolute atomic E-state index is 0.0496. The van der Waals surface area contributed by atoms with Crippen molar-refractivity contribution in [1.29, 1.82) is 0 Å². The maximum Gasteiger partial charge on any atom is 0.339 e. The fourth-order valence-electron chi connectivity index (χ4n) is 2.07. The molecule has 1 unspecified atom stereocenters. The lowest BCUT2D eigenvalue weighted by molar-refractivity contribution is 0.0522. The monoisotopic (exact) mass is 425 g/mol. The van der Waals surface area contributed by atoms with Crippen LogP contribution in [0.1, 0.15) is 43.6 Å². The summed E-state index contributed by atoms with van der Waals surface area (Å²) >= 11 is 0.889. The van der Waals surface area contributed by atoms with E-state index in [0.717, 1.165) is 30.1 Å². The molecule has 0 saturated carbocycles. The Bertz CT molecular complexity index is 924. The van der Waals surface area contributed by atoms with Crippen molar-refractivity contribution in [2.24, 2.45) is 4.40 Å². The molecule has 0 aliphatic heterocycles. The molecule has 0 heterocycles. The average Bonchev–Trinajstić information content (AvgIpc) is 2.63. The maximum absolute atomic E-state index is 14.5. The molecule has 0 spiro atoms. The highest BCUT2D eigenvalue weighted by molar-refractivity contribution is 7.99. The smallest absolute Gasteiger partial charge is 0.339 e. The van der Waals surface area contributed by atoms with Crippen LogP contribution in [0.3, 0.4) is 0 Å². The lowest BCUT2D eigenvalue weighted by atomic mass is 10.2. The van der Waals surface area contributed by atoms with Gasteiger partial charge in [-0.05, 0) is 52.0 Å². The summed E-state index contributed by atoms with van der Waals surface area (Å²) in [6.07, 6.45) is 1.08. The molecule has 0 aliphatic rings. The summed E-state index contributed by atoms with van der Waals surface area (Å²) in [5.74, 6) is -1.92. The van der Waals surface area contributed by atoms with Gasteiger partial charge in [0.1, 0.15) is 22.6 Å². The Balaban J connectivity index is 2.48. The highest BCUT2D eigenvalue weighted by atomic mass is 32.2. The number of carbonyl (C=O) groups is 1. The van der Waals surface area contributed by atoms with Gasteiger partial charge in [0.25, 0.3) is 0 Å². The largest absolute Gasteiger partial charge is 0.462 e. The number of esters is 1. The second-order valence-electron chi connectivity index (χ2n) is 6.69. The van der Waals surface area contributed by atoms with Crippen molar-refractivity contribution in [3.05, 3.63) is 59.2 Å². The van der Waals surface area contributed by atoms with Crippen molar-refractivity contribution in [3.8, 4) is 0 Å². The fourth-order valence-corrected chi connectivity index (χ4v) is 3.65. The molecule has 2 aromatic rings. The average molecular weight is 426 g/mol. The normalized spacial score (nSPS) is 12.9. The van der Waals surface area contributed by atoms with E-state index in [9.17, 15) is 17.8 Å². The van der Waals surface area contributed by atoms with E-state index < -0.39 is 33.3 Å². The molecule has 0 bridgehead atoms. The van der Waals surface area contributed by atoms with Gasteiger partial charge in [-0.3, -0.25) is 0 Å². The number of rotatable bonds is 6. The van der Waals surface area contributed by atoms with Crippen LogP contribution in [0.2, 0.25) is 0 Å². The van der Waals surface area contributed by atoms with Crippen molar-refractivity contribution in [1.82, 2.24) is 0 Å². The third kappa shape index (κ3) is 5.48. The number of carbonyl (C=O) groups excluding carboxylic acids is 1.